The molecule has 1 N–H and O–H groups in total. The topological polar surface area (TPSA) is 24.5 Å². The smallest absolute Gasteiger partial charge is 0.0500 e. The minimum Gasteiger partial charge on any atom is -0.384 e. The lowest BCUT2D eigenvalue weighted by Gasteiger charge is -2.35. The van der Waals surface area contributed by atoms with Crippen molar-refractivity contribution in [3.63, 3.8) is 0 Å². The Morgan fingerprint density at radius 3 is 2.75 bits per heavy atom. The van der Waals surface area contributed by atoms with Crippen LogP contribution in [0, 0.1) is 5.92 Å². The fourth-order valence-corrected chi connectivity index (χ4v) is 2.61. The quantitative estimate of drug-likeness (QED) is 0.749. The Balaban J connectivity index is 2.27. The molecular formula is C13H28N2O. The van der Waals surface area contributed by atoms with Crippen LogP contribution in [0.15, 0.2) is 0 Å². The maximum atomic E-state index is 5.19. The fraction of sp³-hybridized carbons (Fsp3) is 1.00. The van der Waals surface area contributed by atoms with Crippen LogP contribution in [0.4, 0.5) is 0 Å². The van der Waals surface area contributed by atoms with Gasteiger partial charge in [0.05, 0.1) is 0 Å². The highest BCUT2D eigenvalue weighted by molar-refractivity contribution is 4.80. The van der Waals surface area contributed by atoms with E-state index in [4.69, 9.17) is 4.74 Å². The molecule has 2 unspecified atom stereocenters. The highest BCUT2D eigenvalue weighted by Gasteiger charge is 2.21. The Morgan fingerprint density at radius 2 is 2.12 bits per heavy atom. The van der Waals surface area contributed by atoms with Gasteiger partial charge in [0, 0.05) is 38.9 Å². The summed E-state index contributed by atoms with van der Waals surface area (Å²) in [6, 6.07) is 1.28. The molecule has 3 heteroatoms. The van der Waals surface area contributed by atoms with Crippen molar-refractivity contribution < 1.29 is 4.74 Å². The lowest BCUT2D eigenvalue weighted by Crippen LogP contribution is -2.48. The summed E-state index contributed by atoms with van der Waals surface area (Å²) in [4.78, 5) is 2.58. The lowest BCUT2D eigenvalue weighted by atomic mass is 10.0. The minimum atomic E-state index is 0.598. The van der Waals surface area contributed by atoms with Crippen molar-refractivity contribution in [1.29, 1.82) is 0 Å². The third-order valence-corrected chi connectivity index (χ3v) is 3.10. The molecule has 0 aromatic rings. The first-order chi connectivity index (χ1) is 7.61. The van der Waals surface area contributed by atoms with Gasteiger partial charge >= 0.3 is 0 Å². The van der Waals surface area contributed by atoms with E-state index in [9.17, 15) is 0 Å². The highest BCUT2D eigenvalue weighted by Crippen LogP contribution is 2.12. The molecule has 2 atom stereocenters. The summed E-state index contributed by atoms with van der Waals surface area (Å²) in [5.41, 5.74) is 0. The second kappa shape index (κ2) is 7.25. The van der Waals surface area contributed by atoms with Crippen LogP contribution >= 0.6 is 0 Å². The van der Waals surface area contributed by atoms with E-state index < -0.39 is 0 Å². The summed E-state index contributed by atoms with van der Waals surface area (Å²) in [6.07, 6.45) is 2.65. The zero-order valence-electron chi connectivity index (χ0n) is 11.3. The van der Waals surface area contributed by atoms with Crippen LogP contribution in [-0.2, 0) is 4.74 Å². The molecule has 0 aromatic heterocycles. The zero-order valence-corrected chi connectivity index (χ0v) is 11.3. The maximum absolute atomic E-state index is 5.19. The van der Waals surface area contributed by atoms with E-state index >= 15 is 0 Å². The first-order valence-electron chi connectivity index (χ1n) is 6.59. The number of piperidine rings is 1. The Labute approximate surface area is 101 Å². The average molecular weight is 228 g/mol. The summed E-state index contributed by atoms with van der Waals surface area (Å²) in [6.45, 7) is 11.2. The number of methoxy groups -OCH3 is 1. The summed E-state index contributed by atoms with van der Waals surface area (Å²) in [7, 11) is 1.79. The van der Waals surface area contributed by atoms with Crippen LogP contribution in [0.5, 0.6) is 0 Å². The molecule has 0 spiro atoms. The minimum absolute atomic E-state index is 0.598. The predicted molar refractivity (Wildman–Crippen MR) is 68.8 cm³/mol. The van der Waals surface area contributed by atoms with Gasteiger partial charge in [-0.15, -0.1) is 0 Å². The molecule has 0 radical (unpaired) electrons. The molecular weight excluding hydrogens is 200 g/mol. The van der Waals surface area contributed by atoms with Crippen LogP contribution in [0.3, 0.4) is 0 Å². The van der Waals surface area contributed by atoms with Gasteiger partial charge in [-0.05, 0) is 25.3 Å². The van der Waals surface area contributed by atoms with E-state index in [2.05, 4.69) is 31.0 Å². The summed E-state index contributed by atoms with van der Waals surface area (Å²) < 4.78 is 5.19. The third kappa shape index (κ3) is 5.28. The van der Waals surface area contributed by atoms with Crippen LogP contribution in [0.2, 0.25) is 0 Å². The van der Waals surface area contributed by atoms with Crippen LogP contribution < -0.4 is 5.32 Å². The van der Waals surface area contributed by atoms with Gasteiger partial charge in [0.15, 0.2) is 0 Å². The van der Waals surface area contributed by atoms with E-state index in [-0.39, 0.29) is 0 Å². The van der Waals surface area contributed by atoms with E-state index in [1.807, 2.05) is 0 Å². The fourth-order valence-electron chi connectivity index (χ4n) is 2.61. The monoisotopic (exact) mass is 228 g/mol. The zero-order chi connectivity index (χ0) is 12.0. The van der Waals surface area contributed by atoms with Crippen molar-refractivity contribution in [2.45, 2.75) is 45.7 Å². The first kappa shape index (κ1) is 13.9. The van der Waals surface area contributed by atoms with Gasteiger partial charge in [-0.1, -0.05) is 20.8 Å². The molecule has 1 fully saturated rings. The molecule has 1 aliphatic heterocycles. The number of ether oxygens (including phenoxy) is 1. The Morgan fingerprint density at radius 1 is 1.38 bits per heavy atom. The van der Waals surface area contributed by atoms with Crippen LogP contribution in [0.25, 0.3) is 0 Å². The van der Waals surface area contributed by atoms with Gasteiger partial charge < -0.3 is 15.0 Å². The Hall–Kier alpha value is -0.120. The van der Waals surface area contributed by atoms with Crippen molar-refractivity contribution >= 4 is 0 Å². The molecule has 0 aromatic carbocycles. The number of nitrogens with one attached hydrogen (secondary N) is 1. The van der Waals surface area contributed by atoms with Gasteiger partial charge in [0.2, 0.25) is 0 Å². The normalized spacial score (nSPS) is 24.9. The number of rotatable bonds is 6. The Bertz CT molecular complexity index is 185. The lowest BCUT2D eigenvalue weighted by molar-refractivity contribution is 0.110. The van der Waals surface area contributed by atoms with Crippen molar-refractivity contribution in [3.05, 3.63) is 0 Å². The summed E-state index contributed by atoms with van der Waals surface area (Å²) in [5, 5.41) is 3.64. The van der Waals surface area contributed by atoms with E-state index in [1.165, 1.54) is 32.5 Å². The van der Waals surface area contributed by atoms with Gasteiger partial charge in [-0.2, -0.15) is 0 Å². The van der Waals surface area contributed by atoms with Gasteiger partial charge in [0.25, 0.3) is 0 Å². The number of hydrogen-bond donors (Lipinski definition) is 1. The van der Waals surface area contributed by atoms with E-state index in [0.29, 0.717) is 18.0 Å². The molecule has 0 bridgehead atoms. The number of hydrogen-bond acceptors (Lipinski definition) is 3. The van der Waals surface area contributed by atoms with Crippen molar-refractivity contribution in [3.8, 4) is 0 Å². The van der Waals surface area contributed by atoms with Crippen LogP contribution in [0.1, 0.15) is 33.6 Å². The van der Waals surface area contributed by atoms with Gasteiger partial charge in [-0.25, -0.2) is 0 Å². The van der Waals surface area contributed by atoms with E-state index in [0.717, 1.165) is 6.61 Å². The van der Waals surface area contributed by atoms with Crippen molar-refractivity contribution in [1.82, 2.24) is 10.2 Å². The van der Waals surface area contributed by atoms with Gasteiger partial charge in [-0.3, -0.25) is 0 Å². The van der Waals surface area contributed by atoms with Gasteiger partial charge in [0.1, 0.15) is 0 Å². The first-order valence-corrected chi connectivity index (χ1v) is 6.59. The summed E-state index contributed by atoms with van der Waals surface area (Å²) >= 11 is 0. The number of nitrogens with zero attached hydrogens (tertiary/aromatic N) is 1. The average Bonchev–Trinajstić information content (AvgIpc) is 2.17. The molecule has 1 rings (SSSR count). The molecule has 1 aliphatic rings. The second-order valence-corrected chi connectivity index (χ2v) is 5.48. The molecule has 0 amide bonds. The maximum Gasteiger partial charge on any atom is 0.0500 e. The van der Waals surface area contributed by atoms with Crippen LogP contribution in [-0.4, -0.2) is 50.3 Å². The molecule has 0 aliphatic carbocycles. The summed E-state index contributed by atoms with van der Waals surface area (Å²) in [5.74, 6) is 0.641. The molecule has 0 saturated carbocycles. The van der Waals surface area contributed by atoms with Crippen molar-refractivity contribution in [2.24, 2.45) is 5.92 Å². The Kier molecular flexibility index (Phi) is 6.32. The molecule has 3 nitrogen and oxygen atoms in total. The molecule has 1 saturated heterocycles. The SMILES string of the molecule is COCC(C)CN1CCCC(NC(C)C)C1. The largest absolute Gasteiger partial charge is 0.384 e. The third-order valence-electron chi connectivity index (χ3n) is 3.10. The predicted octanol–water partition coefficient (Wildman–Crippen LogP) is 1.73. The van der Waals surface area contributed by atoms with Crippen molar-refractivity contribution in [2.75, 3.05) is 33.4 Å². The standard InChI is InChI=1S/C13H28N2O/c1-11(2)14-13-6-5-7-15(9-13)8-12(3)10-16-4/h11-14H,5-10H2,1-4H3. The highest BCUT2D eigenvalue weighted by atomic mass is 16.5. The second-order valence-electron chi connectivity index (χ2n) is 5.48. The van der Waals surface area contributed by atoms with E-state index in [1.54, 1.807) is 7.11 Å². The molecule has 96 valence electrons. The number of likely N-dealkylation sites (tertiary alicyclic amines) is 1. The molecule has 16 heavy (non-hydrogen) atoms. The molecule has 1 heterocycles.